The van der Waals surface area contributed by atoms with Crippen molar-refractivity contribution >= 4 is 5.91 Å². The number of carbonyl (C=O) groups excluding carboxylic acids is 1. The Balaban J connectivity index is 1.97. The van der Waals surface area contributed by atoms with Gasteiger partial charge in [-0.15, -0.1) is 0 Å². The van der Waals surface area contributed by atoms with Gasteiger partial charge in [-0.25, -0.2) is 0 Å². The Hall–Kier alpha value is -1.62. The summed E-state index contributed by atoms with van der Waals surface area (Å²) < 4.78 is 0. The third kappa shape index (κ3) is 3.20. The lowest BCUT2D eigenvalue weighted by Gasteiger charge is -2.15. The average Bonchev–Trinajstić information content (AvgIpc) is 2.55. The summed E-state index contributed by atoms with van der Waals surface area (Å²) in [5.74, 6) is 0.210. The first-order chi connectivity index (χ1) is 8.66. The number of pyridine rings is 1. The van der Waals surface area contributed by atoms with Gasteiger partial charge in [0.05, 0.1) is 11.7 Å². The number of aromatic nitrogens is 1. The summed E-state index contributed by atoms with van der Waals surface area (Å²) in [6.07, 6.45) is 2.89. The number of nitrogens with one attached hydrogen (secondary N) is 2. The number of nitrogens with zero attached hydrogens (tertiary/aromatic N) is 1. The lowest BCUT2D eigenvalue weighted by atomic mass is 10.1. The molecule has 1 fully saturated rings. The lowest BCUT2D eigenvalue weighted by molar-refractivity contribution is -0.122. The highest BCUT2D eigenvalue weighted by Gasteiger charge is 2.20. The van der Waals surface area contributed by atoms with Crippen molar-refractivity contribution in [2.24, 2.45) is 0 Å². The van der Waals surface area contributed by atoms with Crippen molar-refractivity contribution in [3.8, 4) is 5.75 Å². The molecule has 3 N–H and O–H groups in total. The van der Waals surface area contributed by atoms with Crippen LogP contribution in [0.1, 0.15) is 30.7 Å². The van der Waals surface area contributed by atoms with E-state index in [0.29, 0.717) is 12.2 Å². The molecule has 2 rings (SSSR count). The zero-order valence-electron chi connectivity index (χ0n) is 10.6. The van der Waals surface area contributed by atoms with Crippen LogP contribution < -0.4 is 10.6 Å². The van der Waals surface area contributed by atoms with E-state index in [0.717, 1.165) is 31.5 Å². The van der Waals surface area contributed by atoms with Gasteiger partial charge in [0.1, 0.15) is 5.75 Å². The Morgan fingerprint density at radius 1 is 1.50 bits per heavy atom. The molecule has 1 aliphatic heterocycles. The number of amides is 1. The van der Waals surface area contributed by atoms with Gasteiger partial charge < -0.3 is 15.7 Å². The van der Waals surface area contributed by atoms with E-state index in [1.807, 2.05) is 6.92 Å². The monoisotopic (exact) mass is 249 g/mol. The normalized spacial score (nSPS) is 20.3. The highest BCUT2D eigenvalue weighted by Crippen LogP contribution is 2.15. The van der Waals surface area contributed by atoms with E-state index >= 15 is 0 Å². The predicted octanol–water partition coefficient (Wildman–Crippen LogP) is 0.854. The van der Waals surface area contributed by atoms with Crippen molar-refractivity contribution in [1.29, 1.82) is 0 Å². The van der Waals surface area contributed by atoms with Gasteiger partial charge in [0.15, 0.2) is 0 Å². The highest BCUT2D eigenvalue weighted by atomic mass is 16.3. The van der Waals surface area contributed by atoms with Crippen LogP contribution in [0, 0.1) is 6.92 Å². The van der Waals surface area contributed by atoms with Crippen LogP contribution in [0.2, 0.25) is 0 Å². The van der Waals surface area contributed by atoms with Crippen LogP contribution in [0.4, 0.5) is 0 Å². The van der Waals surface area contributed by atoms with E-state index in [2.05, 4.69) is 15.6 Å². The summed E-state index contributed by atoms with van der Waals surface area (Å²) in [7, 11) is 0. The molecule has 1 amide bonds. The van der Waals surface area contributed by atoms with Crippen molar-refractivity contribution in [2.75, 3.05) is 6.54 Å². The predicted molar refractivity (Wildman–Crippen MR) is 68.1 cm³/mol. The van der Waals surface area contributed by atoms with E-state index in [1.165, 1.54) is 0 Å². The molecule has 0 bridgehead atoms. The van der Waals surface area contributed by atoms with Gasteiger partial charge in [-0.2, -0.15) is 0 Å². The summed E-state index contributed by atoms with van der Waals surface area (Å²) in [5.41, 5.74) is 1.45. The van der Waals surface area contributed by atoms with Gasteiger partial charge in [-0.05, 0) is 38.3 Å². The summed E-state index contributed by atoms with van der Waals surface area (Å²) in [4.78, 5) is 16.0. The molecule has 0 saturated carbocycles. The van der Waals surface area contributed by atoms with Crippen molar-refractivity contribution in [1.82, 2.24) is 15.6 Å². The maximum Gasteiger partial charge on any atom is 0.237 e. The minimum Gasteiger partial charge on any atom is -0.506 e. The number of rotatable bonds is 3. The van der Waals surface area contributed by atoms with E-state index in [9.17, 15) is 9.90 Å². The van der Waals surface area contributed by atoms with Gasteiger partial charge in [-0.3, -0.25) is 9.78 Å². The van der Waals surface area contributed by atoms with Crippen LogP contribution in [0.25, 0.3) is 0 Å². The quantitative estimate of drug-likeness (QED) is 0.742. The van der Waals surface area contributed by atoms with Crippen molar-refractivity contribution in [3.63, 3.8) is 0 Å². The summed E-state index contributed by atoms with van der Waals surface area (Å²) >= 11 is 0. The van der Waals surface area contributed by atoms with Gasteiger partial charge in [-0.1, -0.05) is 0 Å². The molecule has 0 unspecified atom stereocenters. The second-order valence-electron chi connectivity index (χ2n) is 4.64. The molecule has 5 heteroatoms. The van der Waals surface area contributed by atoms with Gasteiger partial charge in [0, 0.05) is 18.8 Å². The zero-order chi connectivity index (χ0) is 13.0. The second kappa shape index (κ2) is 5.82. The Labute approximate surface area is 107 Å². The van der Waals surface area contributed by atoms with Crippen molar-refractivity contribution in [2.45, 2.75) is 38.8 Å². The number of aryl methyl sites for hydroxylation is 1. The molecule has 0 aliphatic carbocycles. The third-order valence-electron chi connectivity index (χ3n) is 3.14. The molecule has 1 aromatic rings. The van der Waals surface area contributed by atoms with Crippen LogP contribution in [-0.2, 0) is 11.3 Å². The minimum absolute atomic E-state index is 0.0413. The van der Waals surface area contributed by atoms with Gasteiger partial charge in [0.25, 0.3) is 0 Å². The van der Waals surface area contributed by atoms with Crippen LogP contribution in [0.3, 0.4) is 0 Å². The molecule has 1 saturated heterocycles. The van der Waals surface area contributed by atoms with Gasteiger partial charge in [0.2, 0.25) is 5.91 Å². The maximum atomic E-state index is 11.7. The smallest absolute Gasteiger partial charge is 0.237 e. The average molecular weight is 249 g/mol. The molecule has 0 radical (unpaired) electrons. The number of aromatic hydroxyl groups is 1. The first-order valence-corrected chi connectivity index (χ1v) is 6.33. The van der Waals surface area contributed by atoms with Gasteiger partial charge >= 0.3 is 0 Å². The molecule has 5 nitrogen and oxygen atoms in total. The number of hydrogen-bond donors (Lipinski definition) is 3. The van der Waals surface area contributed by atoms with Crippen molar-refractivity contribution in [3.05, 3.63) is 23.5 Å². The minimum atomic E-state index is -0.186. The topological polar surface area (TPSA) is 74.2 Å². The van der Waals surface area contributed by atoms with Crippen LogP contribution >= 0.6 is 0 Å². The van der Waals surface area contributed by atoms with E-state index in [4.69, 9.17) is 0 Å². The molecular formula is C13H19N3O2. The number of hydrogen-bond acceptors (Lipinski definition) is 4. The first-order valence-electron chi connectivity index (χ1n) is 6.33. The van der Waals surface area contributed by atoms with Crippen LogP contribution in [-0.4, -0.2) is 28.6 Å². The fourth-order valence-corrected chi connectivity index (χ4v) is 2.09. The number of carbonyl (C=O) groups is 1. The Morgan fingerprint density at radius 2 is 2.33 bits per heavy atom. The van der Waals surface area contributed by atoms with Crippen molar-refractivity contribution < 1.29 is 9.90 Å². The molecule has 2 heterocycles. The second-order valence-corrected chi connectivity index (χ2v) is 4.64. The summed E-state index contributed by atoms with van der Waals surface area (Å²) in [5, 5.41) is 15.7. The lowest BCUT2D eigenvalue weighted by Crippen LogP contribution is -2.42. The fraction of sp³-hybridized carbons (Fsp3) is 0.538. The highest BCUT2D eigenvalue weighted by molar-refractivity contribution is 5.81. The molecule has 98 valence electrons. The summed E-state index contributed by atoms with van der Waals surface area (Å²) in [6.45, 7) is 3.04. The maximum absolute atomic E-state index is 11.7. The molecule has 18 heavy (non-hydrogen) atoms. The molecule has 1 aliphatic rings. The Morgan fingerprint density at radius 3 is 3.17 bits per heavy atom. The Bertz CT molecular complexity index is 434. The molecule has 1 aromatic heterocycles. The molecule has 0 aromatic carbocycles. The Kier molecular flexibility index (Phi) is 4.15. The SMILES string of the molecule is Cc1ccc(O)c(CN[C@H]2CCCCNC2=O)n1. The molecular weight excluding hydrogens is 230 g/mol. The first kappa shape index (κ1) is 12.8. The van der Waals surface area contributed by atoms with E-state index in [-0.39, 0.29) is 17.7 Å². The fourth-order valence-electron chi connectivity index (χ4n) is 2.09. The standard InChI is InChI=1S/C13H19N3O2/c1-9-5-6-12(17)11(16-9)8-15-10-4-2-3-7-14-13(10)18/h5-6,10,15,17H,2-4,7-8H2,1H3,(H,14,18)/t10-/m0/s1. The largest absolute Gasteiger partial charge is 0.506 e. The van der Waals surface area contributed by atoms with Crippen LogP contribution in [0.5, 0.6) is 5.75 Å². The molecule has 1 atom stereocenters. The summed E-state index contributed by atoms with van der Waals surface area (Å²) in [6, 6.07) is 3.21. The van der Waals surface area contributed by atoms with Crippen LogP contribution in [0.15, 0.2) is 12.1 Å². The van der Waals surface area contributed by atoms with E-state index < -0.39 is 0 Å². The zero-order valence-corrected chi connectivity index (χ0v) is 10.6. The molecule has 0 spiro atoms. The van der Waals surface area contributed by atoms with E-state index in [1.54, 1.807) is 12.1 Å². The third-order valence-corrected chi connectivity index (χ3v) is 3.14.